The predicted octanol–water partition coefficient (Wildman–Crippen LogP) is 8.02. The molecule has 1 atom stereocenters. The second-order valence-corrected chi connectivity index (χ2v) is 11.3. The first-order chi connectivity index (χ1) is 15.9. The molecular weight excluding hydrogens is 398 g/mol. The van der Waals surface area contributed by atoms with E-state index in [0.29, 0.717) is 11.3 Å². The van der Waals surface area contributed by atoms with E-state index >= 15 is 0 Å². The lowest BCUT2D eigenvalue weighted by molar-refractivity contribution is 0.0551. The Kier molecular flexibility index (Phi) is 7.37. The highest BCUT2D eigenvalue weighted by molar-refractivity contribution is 5.64. The minimum Gasteiger partial charge on any atom is -0.371 e. The smallest absolute Gasteiger partial charge is 0.0366 e. The van der Waals surface area contributed by atoms with Crippen molar-refractivity contribution in [2.24, 2.45) is 17.3 Å². The number of benzene rings is 2. The van der Waals surface area contributed by atoms with Gasteiger partial charge >= 0.3 is 0 Å². The molecule has 4 rings (SSSR count). The number of hydrogen-bond donors (Lipinski definition) is 0. The molecule has 1 heteroatoms. The SMILES string of the molecule is C=C(c1cc(C)c(CC(C)C)c(CC)c1)N1CCC2(CC1)Cc1ccccc1CC2CCC. The molecule has 1 saturated heterocycles. The monoisotopic (exact) mass is 443 g/mol. The van der Waals surface area contributed by atoms with E-state index in [-0.39, 0.29) is 0 Å². The molecule has 0 amide bonds. The Labute approximate surface area is 203 Å². The second kappa shape index (κ2) is 10.1. The Morgan fingerprint density at radius 2 is 1.79 bits per heavy atom. The van der Waals surface area contributed by atoms with Gasteiger partial charge in [-0.15, -0.1) is 0 Å². The maximum absolute atomic E-state index is 4.61. The highest BCUT2D eigenvalue weighted by atomic mass is 15.1. The molecule has 0 bridgehead atoms. The van der Waals surface area contributed by atoms with Gasteiger partial charge in [-0.3, -0.25) is 0 Å². The van der Waals surface area contributed by atoms with Crippen molar-refractivity contribution in [3.05, 3.63) is 76.4 Å². The van der Waals surface area contributed by atoms with Gasteiger partial charge in [0.1, 0.15) is 0 Å². The quantitative estimate of drug-likeness (QED) is 0.419. The van der Waals surface area contributed by atoms with Gasteiger partial charge in [-0.25, -0.2) is 0 Å². The molecule has 1 heterocycles. The lowest BCUT2D eigenvalue weighted by Crippen LogP contribution is -2.47. The van der Waals surface area contributed by atoms with Crippen LogP contribution in [0.2, 0.25) is 0 Å². The van der Waals surface area contributed by atoms with Crippen molar-refractivity contribution in [1.82, 2.24) is 4.90 Å². The zero-order valence-electron chi connectivity index (χ0n) is 21.8. The molecule has 33 heavy (non-hydrogen) atoms. The highest BCUT2D eigenvalue weighted by Gasteiger charge is 2.44. The van der Waals surface area contributed by atoms with Crippen LogP contribution >= 0.6 is 0 Å². The topological polar surface area (TPSA) is 3.24 Å². The first-order valence-corrected chi connectivity index (χ1v) is 13.5. The van der Waals surface area contributed by atoms with E-state index in [1.807, 2.05) is 0 Å². The number of aryl methyl sites for hydroxylation is 2. The Morgan fingerprint density at radius 3 is 2.42 bits per heavy atom. The van der Waals surface area contributed by atoms with Crippen LogP contribution < -0.4 is 0 Å². The fraction of sp³-hybridized carbons (Fsp3) is 0.562. The van der Waals surface area contributed by atoms with Crippen LogP contribution in [-0.2, 0) is 25.7 Å². The average Bonchev–Trinajstić information content (AvgIpc) is 2.80. The van der Waals surface area contributed by atoms with E-state index in [2.05, 4.69) is 82.5 Å². The number of nitrogens with zero attached hydrogens (tertiary/aromatic N) is 1. The van der Waals surface area contributed by atoms with Gasteiger partial charge in [0.25, 0.3) is 0 Å². The number of fused-ring (bicyclic) bond motifs is 1. The maximum atomic E-state index is 4.61. The van der Waals surface area contributed by atoms with Gasteiger partial charge in [0.2, 0.25) is 0 Å². The molecule has 0 N–H and O–H groups in total. The molecule has 1 nitrogen and oxygen atoms in total. The lowest BCUT2D eigenvalue weighted by Gasteiger charge is -2.50. The Bertz CT molecular complexity index is 974. The summed E-state index contributed by atoms with van der Waals surface area (Å²) >= 11 is 0. The van der Waals surface area contributed by atoms with Crippen molar-refractivity contribution < 1.29 is 0 Å². The minimum absolute atomic E-state index is 0.479. The summed E-state index contributed by atoms with van der Waals surface area (Å²) in [5.41, 5.74) is 10.8. The van der Waals surface area contributed by atoms with Crippen molar-refractivity contribution in [1.29, 1.82) is 0 Å². The van der Waals surface area contributed by atoms with E-state index in [4.69, 9.17) is 0 Å². The summed E-state index contributed by atoms with van der Waals surface area (Å²) < 4.78 is 0. The molecule has 2 aliphatic rings. The molecule has 1 aliphatic carbocycles. The predicted molar refractivity (Wildman–Crippen MR) is 144 cm³/mol. The molecule has 1 spiro atoms. The van der Waals surface area contributed by atoms with Crippen molar-refractivity contribution in [2.45, 2.75) is 86.0 Å². The van der Waals surface area contributed by atoms with E-state index in [0.717, 1.165) is 25.4 Å². The van der Waals surface area contributed by atoms with Crippen LogP contribution in [0, 0.1) is 24.2 Å². The average molecular weight is 444 g/mol. The molecule has 2 aromatic carbocycles. The van der Waals surface area contributed by atoms with Gasteiger partial charge in [0.05, 0.1) is 0 Å². The normalized spacial score (nSPS) is 19.7. The van der Waals surface area contributed by atoms with E-state index < -0.39 is 0 Å². The fourth-order valence-corrected chi connectivity index (χ4v) is 6.75. The van der Waals surface area contributed by atoms with Crippen LogP contribution in [-0.4, -0.2) is 18.0 Å². The third-order valence-electron chi connectivity index (χ3n) is 8.66. The molecule has 0 aromatic heterocycles. The zero-order chi connectivity index (χ0) is 23.6. The van der Waals surface area contributed by atoms with Crippen molar-refractivity contribution in [3.8, 4) is 0 Å². The number of likely N-dealkylation sites (tertiary alicyclic amines) is 1. The zero-order valence-corrected chi connectivity index (χ0v) is 21.8. The van der Waals surface area contributed by atoms with Crippen LogP contribution in [0.3, 0.4) is 0 Å². The summed E-state index contributed by atoms with van der Waals surface area (Å²) in [4.78, 5) is 2.59. The summed E-state index contributed by atoms with van der Waals surface area (Å²) in [6.45, 7) is 18.5. The Morgan fingerprint density at radius 1 is 1.09 bits per heavy atom. The molecule has 1 fully saturated rings. The largest absolute Gasteiger partial charge is 0.371 e. The van der Waals surface area contributed by atoms with Gasteiger partial charge in [0.15, 0.2) is 0 Å². The van der Waals surface area contributed by atoms with Gasteiger partial charge in [0, 0.05) is 18.8 Å². The first-order valence-electron chi connectivity index (χ1n) is 13.5. The van der Waals surface area contributed by atoms with Crippen LogP contribution in [0.5, 0.6) is 0 Å². The summed E-state index contributed by atoms with van der Waals surface area (Å²) in [7, 11) is 0. The van der Waals surface area contributed by atoms with Crippen LogP contribution in [0.25, 0.3) is 5.70 Å². The van der Waals surface area contributed by atoms with Crippen molar-refractivity contribution >= 4 is 5.70 Å². The second-order valence-electron chi connectivity index (χ2n) is 11.3. The molecule has 178 valence electrons. The van der Waals surface area contributed by atoms with E-state index in [1.54, 1.807) is 16.7 Å². The van der Waals surface area contributed by atoms with Crippen LogP contribution in [0.1, 0.15) is 86.8 Å². The van der Waals surface area contributed by atoms with Gasteiger partial charge in [-0.05, 0) is 115 Å². The molecule has 0 saturated carbocycles. The summed E-state index contributed by atoms with van der Waals surface area (Å²) in [5, 5.41) is 0. The van der Waals surface area contributed by atoms with Gasteiger partial charge in [-0.2, -0.15) is 0 Å². The molecule has 0 radical (unpaired) electrons. The molecular formula is C32H45N. The third-order valence-corrected chi connectivity index (χ3v) is 8.66. The maximum Gasteiger partial charge on any atom is 0.0366 e. The van der Waals surface area contributed by atoms with Gasteiger partial charge in [-0.1, -0.05) is 65.0 Å². The molecule has 2 aromatic rings. The summed E-state index contributed by atoms with van der Waals surface area (Å²) in [6.07, 6.45) is 10.1. The third kappa shape index (κ3) is 4.93. The van der Waals surface area contributed by atoms with Crippen LogP contribution in [0.4, 0.5) is 0 Å². The van der Waals surface area contributed by atoms with E-state index in [1.165, 1.54) is 67.3 Å². The summed E-state index contributed by atoms with van der Waals surface area (Å²) in [5.74, 6) is 1.52. The lowest BCUT2D eigenvalue weighted by atomic mass is 9.59. The van der Waals surface area contributed by atoms with Crippen LogP contribution in [0.15, 0.2) is 43.0 Å². The number of hydrogen-bond acceptors (Lipinski definition) is 1. The molecule has 1 unspecified atom stereocenters. The standard InChI is InChI=1S/C32H45N/c1-7-11-30-21-27-12-9-10-13-28(27)22-32(30)14-16-33(17-15-32)25(6)29-19-24(5)31(18-23(3)4)26(8-2)20-29/h9-10,12-13,19-20,23,30H,6-8,11,14-18,21-22H2,1-5H3. The Balaban J connectivity index is 1.51. The van der Waals surface area contributed by atoms with E-state index in [9.17, 15) is 0 Å². The first kappa shape index (κ1) is 24.1. The van der Waals surface area contributed by atoms with Gasteiger partial charge < -0.3 is 4.90 Å². The van der Waals surface area contributed by atoms with Crippen molar-refractivity contribution in [2.75, 3.05) is 13.1 Å². The molecule has 1 aliphatic heterocycles. The van der Waals surface area contributed by atoms with Crippen molar-refractivity contribution in [3.63, 3.8) is 0 Å². The number of rotatable bonds is 7. The summed E-state index contributed by atoms with van der Waals surface area (Å²) in [6, 6.07) is 14.1. The Hall–Kier alpha value is -2.02. The highest BCUT2D eigenvalue weighted by Crippen LogP contribution is 2.49. The minimum atomic E-state index is 0.479. The number of piperidine rings is 1. The fourth-order valence-electron chi connectivity index (χ4n) is 6.75.